The standard InChI is InChI=1S/C13H21NO2/c1-2-3-4-5-6-9-12-16-14-11-8-7-10-13(14)15/h7-8,10-11H,2-6,9,12H2,1H3. The second-order valence-electron chi connectivity index (χ2n) is 3.97. The normalized spacial score (nSPS) is 10.3. The van der Waals surface area contributed by atoms with E-state index in [4.69, 9.17) is 4.84 Å². The van der Waals surface area contributed by atoms with Crippen molar-refractivity contribution in [3.63, 3.8) is 0 Å². The van der Waals surface area contributed by atoms with E-state index in [1.54, 1.807) is 18.3 Å². The minimum atomic E-state index is -0.103. The van der Waals surface area contributed by atoms with Crippen LogP contribution in [0.4, 0.5) is 0 Å². The van der Waals surface area contributed by atoms with Gasteiger partial charge in [-0.15, -0.1) is 0 Å². The zero-order valence-electron chi connectivity index (χ0n) is 10.0. The van der Waals surface area contributed by atoms with Crippen LogP contribution in [0.15, 0.2) is 29.2 Å². The lowest BCUT2D eigenvalue weighted by atomic mass is 10.1. The van der Waals surface area contributed by atoms with Gasteiger partial charge in [-0.3, -0.25) is 4.79 Å². The number of unbranched alkanes of at least 4 members (excludes halogenated alkanes) is 5. The zero-order valence-corrected chi connectivity index (χ0v) is 10.0. The first-order valence-electron chi connectivity index (χ1n) is 6.15. The molecular formula is C13H21NO2. The molecule has 0 atom stereocenters. The summed E-state index contributed by atoms with van der Waals surface area (Å²) in [5.74, 6) is 0. The van der Waals surface area contributed by atoms with Gasteiger partial charge in [-0.05, 0) is 18.9 Å². The molecule has 1 aromatic heterocycles. The Morgan fingerprint density at radius 1 is 1.12 bits per heavy atom. The Morgan fingerprint density at radius 2 is 1.88 bits per heavy atom. The van der Waals surface area contributed by atoms with Gasteiger partial charge in [0.25, 0.3) is 5.56 Å². The first kappa shape index (κ1) is 12.8. The summed E-state index contributed by atoms with van der Waals surface area (Å²) in [7, 11) is 0. The minimum Gasteiger partial charge on any atom is -0.411 e. The molecule has 90 valence electrons. The van der Waals surface area contributed by atoms with Crippen molar-refractivity contribution >= 4 is 0 Å². The van der Waals surface area contributed by atoms with Gasteiger partial charge in [-0.1, -0.05) is 38.7 Å². The summed E-state index contributed by atoms with van der Waals surface area (Å²) in [5.41, 5.74) is -0.103. The van der Waals surface area contributed by atoms with Crippen molar-refractivity contribution in [2.75, 3.05) is 6.61 Å². The molecule has 1 rings (SSSR count). The summed E-state index contributed by atoms with van der Waals surface area (Å²) in [6.07, 6.45) is 9.02. The molecule has 0 aliphatic rings. The summed E-state index contributed by atoms with van der Waals surface area (Å²) in [5, 5.41) is 0. The molecule has 1 aromatic rings. The van der Waals surface area contributed by atoms with Gasteiger partial charge in [0.2, 0.25) is 0 Å². The van der Waals surface area contributed by atoms with E-state index in [0.29, 0.717) is 6.61 Å². The predicted molar refractivity (Wildman–Crippen MR) is 65.5 cm³/mol. The molecule has 0 radical (unpaired) electrons. The van der Waals surface area contributed by atoms with Crippen molar-refractivity contribution < 1.29 is 4.84 Å². The monoisotopic (exact) mass is 223 g/mol. The van der Waals surface area contributed by atoms with Gasteiger partial charge in [0.05, 0.1) is 0 Å². The quantitative estimate of drug-likeness (QED) is 0.634. The highest BCUT2D eigenvalue weighted by atomic mass is 16.7. The Labute approximate surface area is 97.0 Å². The molecule has 3 heteroatoms. The molecule has 0 aromatic carbocycles. The molecule has 0 saturated carbocycles. The summed E-state index contributed by atoms with van der Waals surface area (Å²) >= 11 is 0. The Kier molecular flexibility index (Phi) is 6.38. The molecule has 0 amide bonds. The van der Waals surface area contributed by atoms with Crippen molar-refractivity contribution in [1.29, 1.82) is 0 Å². The Morgan fingerprint density at radius 3 is 2.62 bits per heavy atom. The van der Waals surface area contributed by atoms with E-state index in [0.717, 1.165) is 6.42 Å². The maximum Gasteiger partial charge on any atom is 0.282 e. The van der Waals surface area contributed by atoms with Gasteiger partial charge in [0.1, 0.15) is 6.61 Å². The number of aromatic nitrogens is 1. The van der Waals surface area contributed by atoms with E-state index >= 15 is 0 Å². The van der Waals surface area contributed by atoms with Crippen LogP contribution in [0.2, 0.25) is 0 Å². The fourth-order valence-electron chi connectivity index (χ4n) is 1.56. The molecule has 0 N–H and O–H groups in total. The molecule has 16 heavy (non-hydrogen) atoms. The number of hydrogen-bond donors (Lipinski definition) is 0. The average molecular weight is 223 g/mol. The Bertz CT molecular complexity index is 333. The number of nitrogens with zero attached hydrogens (tertiary/aromatic N) is 1. The highest BCUT2D eigenvalue weighted by Crippen LogP contribution is 2.04. The summed E-state index contributed by atoms with van der Waals surface area (Å²) in [6, 6.07) is 5.01. The van der Waals surface area contributed by atoms with E-state index in [1.165, 1.54) is 42.9 Å². The lowest BCUT2D eigenvalue weighted by Crippen LogP contribution is -2.25. The van der Waals surface area contributed by atoms with Crippen molar-refractivity contribution in [2.45, 2.75) is 45.4 Å². The Hall–Kier alpha value is -1.25. The summed E-state index contributed by atoms with van der Waals surface area (Å²) in [6.45, 7) is 2.83. The van der Waals surface area contributed by atoms with Gasteiger partial charge in [-0.2, -0.15) is 4.73 Å². The molecule has 0 unspecified atom stereocenters. The third-order valence-electron chi connectivity index (χ3n) is 2.52. The largest absolute Gasteiger partial charge is 0.411 e. The molecule has 0 bridgehead atoms. The van der Waals surface area contributed by atoms with E-state index in [2.05, 4.69) is 6.92 Å². The molecule has 0 spiro atoms. The van der Waals surface area contributed by atoms with Crippen LogP contribution in [0.1, 0.15) is 45.4 Å². The second-order valence-corrected chi connectivity index (χ2v) is 3.97. The van der Waals surface area contributed by atoms with Crippen LogP contribution >= 0.6 is 0 Å². The molecule has 0 fully saturated rings. The third kappa shape index (κ3) is 5.01. The van der Waals surface area contributed by atoms with E-state index in [9.17, 15) is 4.79 Å². The average Bonchev–Trinajstić information content (AvgIpc) is 2.30. The van der Waals surface area contributed by atoms with Crippen molar-refractivity contribution in [2.24, 2.45) is 0 Å². The fraction of sp³-hybridized carbons (Fsp3) is 0.615. The topological polar surface area (TPSA) is 31.2 Å². The van der Waals surface area contributed by atoms with Gasteiger partial charge >= 0.3 is 0 Å². The van der Waals surface area contributed by atoms with Gasteiger partial charge in [0.15, 0.2) is 0 Å². The number of pyridine rings is 1. The molecular weight excluding hydrogens is 202 g/mol. The maximum absolute atomic E-state index is 11.3. The summed E-state index contributed by atoms with van der Waals surface area (Å²) < 4.78 is 1.30. The molecule has 3 nitrogen and oxygen atoms in total. The smallest absolute Gasteiger partial charge is 0.282 e. The second kappa shape index (κ2) is 7.97. The van der Waals surface area contributed by atoms with E-state index in [-0.39, 0.29) is 5.56 Å². The first-order valence-corrected chi connectivity index (χ1v) is 6.15. The molecule has 1 heterocycles. The lowest BCUT2D eigenvalue weighted by molar-refractivity contribution is 0.0982. The summed E-state index contributed by atoms with van der Waals surface area (Å²) in [4.78, 5) is 16.6. The van der Waals surface area contributed by atoms with Crippen molar-refractivity contribution in [3.8, 4) is 0 Å². The van der Waals surface area contributed by atoms with Crippen molar-refractivity contribution in [3.05, 3.63) is 34.7 Å². The van der Waals surface area contributed by atoms with Gasteiger partial charge < -0.3 is 4.84 Å². The molecule has 0 saturated heterocycles. The van der Waals surface area contributed by atoms with Crippen LogP contribution in [-0.2, 0) is 0 Å². The first-order chi connectivity index (χ1) is 7.84. The predicted octanol–water partition coefficient (Wildman–Crippen LogP) is 2.64. The van der Waals surface area contributed by atoms with Crippen LogP contribution in [0.3, 0.4) is 0 Å². The molecule has 0 aliphatic heterocycles. The van der Waals surface area contributed by atoms with E-state index < -0.39 is 0 Å². The third-order valence-corrected chi connectivity index (χ3v) is 2.52. The van der Waals surface area contributed by atoms with Crippen LogP contribution in [0.5, 0.6) is 0 Å². The fourth-order valence-corrected chi connectivity index (χ4v) is 1.56. The SMILES string of the molecule is CCCCCCCCOn1ccccc1=O. The maximum atomic E-state index is 11.3. The Balaban J connectivity index is 2.08. The highest BCUT2D eigenvalue weighted by Gasteiger charge is 1.94. The minimum absolute atomic E-state index is 0.103. The van der Waals surface area contributed by atoms with Crippen LogP contribution in [0, 0.1) is 0 Å². The van der Waals surface area contributed by atoms with Crippen LogP contribution in [0.25, 0.3) is 0 Å². The molecule has 0 aliphatic carbocycles. The number of rotatable bonds is 8. The van der Waals surface area contributed by atoms with Crippen LogP contribution < -0.4 is 10.4 Å². The van der Waals surface area contributed by atoms with Gasteiger partial charge in [-0.25, -0.2) is 0 Å². The highest BCUT2D eigenvalue weighted by molar-refractivity contribution is 4.91. The van der Waals surface area contributed by atoms with Crippen molar-refractivity contribution in [1.82, 2.24) is 4.73 Å². The van der Waals surface area contributed by atoms with Crippen LogP contribution in [-0.4, -0.2) is 11.3 Å². The number of hydrogen-bond acceptors (Lipinski definition) is 2. The van der Waals surface area contributed by atoms with E-state index in [1.807, 2.05) is 0 Å². The van der Waals surface area contributed by atoms with Gasteiger partial charge in [0, 0.05) is 12.3 Å². The zero-order chi connectivity index (χ0) is 11.6. The lowest BCUT2D eigenvalue weighted by Gasteiger charge is -2.07.